The Morgan fingerprint density at radius 2 is 1.89 bits per heavy atom. The van der Waals surface area contributed by atoms with Gasteiger partial charge in [0, 0.05) is 11.0 Å². The first-order chi connectivity index (χ1) is 8.56. The molecular weight excluding hydrogens is 403 g/mol. The number of hydrogen-bond acceptors (Lipinski definition) is 2. The summed E-state index contributed by atoms with van der Waals surface area (Å²) in [5.74, 6) is 0. The third-order valence-electron chi connectivity index (χ3n) is 2.28. The first kappa shape index (κ1) is 14.1. The molecule has 0 saturated carbocycles. The molecule has 2 rings (SSSR count). The molecule has 0 amide bonds. The fourth-order valence-electron chi connectivity index (χ4n) is 1.37. The van der Waals surface area contributed by atoms with Gasteiger partial charge in [-0.05, 0) is 55.6 Å². The molecule has 0 fully saturated rings. The van der Waals surface area contributed by atoms with E-state index in [1.165, 1.54) is 0 Å². The second kappa shape index (κ2) is 6.24. The minimum Gasteiger partial charge on any atom is -0.380 e. The molecule has 1 heterocycles. The van der Waals surface area contributed by atoms with Crippen LogP contribution in [0.4, 0.5) is 5.69 Å². The highest BCUT2D eigenvalue weighted by atomic mass is 79.9. The largest absolute Gasteiger partial charge is 0.380 e. The van der Waals surface area contributed by atoms with Crippen molar-refractivity contribution in [2.75, 3.05) is 5.32 Å². The summed E-state index contributed by atoms with van der Waals surface area (Å²) in [5, 5.41) is 4.42. The molecular formula is C12H8Br2Cl2N2. The number of rotatable bonds is 3. The fraction of sp³-hybridized carbons (Fsp3) is 0.0833. The van der Waals surface area contributed by atoms with Crippen molar-refractivity contribution >= 4 is 60.7 Å². The number of aromatic nitrogens is 1. The van der Waals surface area contributed by atoms with Gasteiger partial charge < -0.3 is 5.32 Å². The van der Waals surface area contributed by atoms with E-state index >= 15 is 0 Å². The molecule has 0 bridgehead atoms. The summed E-state index contributed by atoms with van der Waals surface area (Å²) in [6.45, 7) is 0.686. The highest BCUT2D eigenvalue weighted by molar-refractivity contribution is 9.10. The first-order valence-corrected chi connectivity index (χ1v) is 7.39. The molecule has 2 aromatic rings. The maximum Gasteiger partial charge on any atom is 0.143 e. The van der Waals surface area contributed by atoms with Gasteiger partial charge in [0.15, 0.2) is 0 Å². The fourth-order valence-corrected chi connectivity index (χ4v) is 2.37. The summed E-state index contributed by atoms with van der Waals surface area (Å²) in [6, 6.07) is 7.70. The normalized spacial score (nSPS) is 10.4. The van der Waals surface area contributed by atoms with Gasteiger partial charge in [-0.1, -0.05) is 29.3 Å². The minimum atomic E-state index is 0.454. The molecule has 0 saturated heterocycles. The van der Waals surface area contributed by atoms with E-state index in [-0.39, 0.29) is 0 Å². The van der Waals surface area contributed by atoms with Crippen molar-refractivity contribution in [3.05, 3.63) is 55.1 Å². The number of anilines is 1. The number of pyridine rings is 1. The Labute approximate surface area is 132 Å². The Bertz CT molecular complexity index is 524. The van der Waals surface area contributed by atoms with Gasteiger partial charge in [0.2, 0.25) is 0 Å². The van der Waals surface area contributed by atoms with E-state index in [2.05, 4.69) is 42.2 Å². The third kappa shape index (κ3) is 3.60. The van der Waals surface area contributed by atoms with Crippen LogP contribution in [0.1, 0.15) is 5.56 Å². The molecule has 0 radical (unpaired) electrons. The molecule has 1 N–H and O–H groups in total. The van der Waals surface area contributed by atoms with Gasteiger partial charge in [-0.15, -0.1) is 0 Å². The van der Waals surface area contributed by atoms with Crippen LogP contribution in [0.15, 0.2) is 39.4 Å². The second-order valence-corrected chi connectivity index (χ2v) is 6.07. The number of nitrogens with one attached hydrogen (secondary N) is 1. The van der Waals surface area contributed by atoms with Gasteiger partial charge in [-0.25, -0.2) is 4.98 Å². The average molecular weight is 411 g/mol. The molecule has 6 heteroatoms. The summed E-state index contributed by atoms with van der Waals surface area (Å²) in [4.78, 5) is 4.05. The van der Waals surface area contributed by atoms with E-state index in [1.54, 1.807) is 6.20 Å². The SMILES string of the molecule is Clc1ccc(CNc2cnc(Cl)c(Br)c2)cc1Br. The van der Waals surface area contributed by atoms with Crippen LogP contribution in [0, 0.1) is 0 Å². The molecule has 1 aromatic carbocycles. The van der Waals surface area contributed by atoms with Gasteiger partial charge in [-0.3, -0.25) is 0 Å². The summed E-state index contributed by atoms with van der Waals surface area (Å²) < 4.78 is 1.66. The summed E-state index contributed by atoms with van der Waals surface area (Å²) in [5.41, 5.74) is 2.02. The maximum absolute atomic E-state index is 5.94. The van der Waals surface area contributed by atoms with Crippen molar-refractivity contribution in [1.82, 2.24) is 4.98 Å². The highest BCUT2D eigenvalue weighted by Gasteiger charge is 2.02. The topological polar surface area (TPSA) is 24.9 Å². The standard InChI is InChI=1S/C12H8Br2Cl2N2/c13-9-3-7(1-2-11(9)15)5-17-8-4-10(14)12(16)18-6-8/h1-4,6,17H,5H2. The number of hydrogen-bond donors (Lipinski definition) is 1. The van der Waals surface area contributed by atoms with Gasteiger partial charge in [0.05, 0.1) is 21.4 Å². The van der Waals surface area contributed by atoms with Crippen molar-refractivity contribution < 1.29 is 0 Å². The van der Waals surface area contributed by atoms with Crippen LogP contribution in [0.5, 0.6) is 0 Å². The van der Waals surface area contributed by atoms with E-state index in [9.17, 15) is 0 Å². The van der Waals surface area contributed by atoms with Crippen LogP contribution < -0.4 is 5.32 Å². The smallest absolute Gasteiger partial charge is 0.143 e. The molecule has 0 unspecified atom stereocenters. The zero-order valence-corrected chi connectivity index (χ0v) is 13.7. The number of nitrogens with zero attached hydrogens (tertiary/aromatic N) is 1. The van der Waals surface area contributed by atoms with Crippen LogP contribution >= 0.6 is 55.1 Å². The lowest BCUT2D eigenvalue weighted by molar-refractivity contribution is 1.13. The maximum atomic E-state index is 5.94. The lowest BCUT2D eigenvalue weighted by Gasteiger charge is -2.08. The van der Waals surface area contributed by atoms with Crippen molar-refractivity contribution in [2.45, 2.75) is 6.54 Å². The van der Waals surface area contributed by atoms with E-state index in [0.29, 0.717) is 16.7 Å². The van der Waals surface area contributed by atoms with Gasteiger partial charge in [-0.2, -0.15) is 0 Å². The van der Waals surface area contributed by atoms with E-state index in [1.807, 2.05) is 24.3 Å². The number of halogens is 4. The summed E-state index contributed by atoms with van der Waals surface area (Å²) in [6.07, 6.45) is 1.69. The lowest BCUT2D eigenvalue weighted by atomic mass is 10.2. The molecule has 0 spiro atoms. The molecule has 2 nitrogen and oxygen atoms in total. The average Bonchev–Trinajstić information content (AvgIpc) is 2.35. The zero-order valence-electron chi connectivity index (χ0n) is 9.05. The quantitative estimate of drug-likeness (QED) is 0.673. The van der Waals surface area contributed by atoms with Gasteiger partial charge >= 0.3 is 0 Å². The van der Waals surface area contributed by atoms with Gasteiger partial charge in [0.25, 0.3) is 0 Å². The Balaban J connectivity index is 2.06. The lowest BCUT2D eigenvalue weighted by Crippen LogP contribution is -2.00. The van der Waals surface area contributed by atoms with Crippen LogP contribution in [0.25, 0.3) is 0 Å². The molecule has 18 heavy (non-hydrogen) atoms. The number of benzene rings is 1. The van der Waals surface area contributed by atoms with E-state index in [4.69, 9.17) is 23.2 Å². The van der Waals surface area contributed by atoms with Gasteiger partial charge in [0.1, 0.15) is 5.15 Å². The Morgan fingerprint density at radius 3 is 2.56 bits per heavy atom. The summed E-state index contributed by atoms with van der Waals surface area (Å²) >= 11 is 18.5. The van der Waals surface area contributed by atoms with Crippen LogP contribution in [-0.4, -0.2) is 4.98 Å². The highest BCUT2D eigenvalue weighted by Crippen LogP contribution is 2.25. The molecule has 94 valence electrons. The third-order valence-corrected chi connectivity index (χ3v) is 4.62. The molecule has 0 atom stereocenters. The first-order valence-electron chi connectivity index (χ1n) is 5.05. The van der Waals surface area contributed by atoms with Crippen LogP contribution in [0.3, 0.4) is 0 Å². The van der Waals surface area contributed by atoms with E-state index in [0.717, 1.165) is 20.2 Å². The summed E-state index contributed by atoms with van der Waals surface area (Å²) in [7, 11) is 0. The van der Waals surface area contributed by atoms with Crippen LogP contribution in [-0.2, 0) is 6.54 Å². The van der Waals surface area contributed by atoms with E-state index < -0.39 is 0 Å². The Morgan fingerprint density at radius 1 is 1.11 bits per heavy atom. The molecule has 1 aromatic heterocycles. The molecule has 0 aliphatic heterocycles. The van der Waals surface area contributed by atoms with Crippen LogP contribution in [0.2, 0.25) is 10.2 Å². The predicted octanol–water partition coefficient (Wildman–Crippen LogP) is 5.53. The van der Waals surface area contributed by atoms with Crippen molar-refractivity contribution in [1.29, 1.82) is 0 Å². The van der Waals surface area contributed by atoms with Crippen molar-refractivity contribution in [3.63, 3.8) is 0 Å². The zero-order chi connectivity index (χ0) is 13.1. The van der Waals surface area contributed by atoms with Crippen molar-refractivity contribution in [2.24, 2.45) is 0 Å². The Hall–Kier alpha value is -0.290. The minimum absolute atomic E-state index is 0.454. The van der Waals surface area contributed by atoms with Crippen molar-refractivity contribution in [3.8, 4) is 0 Å². The molecule has 0 aliphatic rings. The monoisotopic (exact) mass is 408 g/mol. The predicted molar refractivity (Wildman–Crippen MR) is 83.4 cm³/mol. The Kier molecular flexibility index (Phi) is 4.90. The molecule has 0 aliphatic carbocycles. The second-order valence-electron chi connectivity index (χ2n) is 3.60.